The summed E-state index contributed by atoms with van der Waals surface area (Å²) in [5, 5.41) is 20.1. The zero-order valence-electron chi connectivity index (χ0n) is 26.1. The minimum atomic E-state index is -0.526. The summed E-state index contributed by atoms with van der Waals surface area (Å²) in [6, 6.07) is 18.3. The summed E-state index contributed by atoms with van der Waals surface area (Å²) in [6.45, 7) is 6.72. The molecule has 4 fully saturated rings. The molecule has 2 aromatic rings. The van der Waals surface area contributed by atoms with Crippen molar-refractivity contribution in [2.75, 3.05) is 39.6 Å². The number of fused-ring (bicyclic) bond motifs is 3. The quantitative estimate of drug-likeness (QED) is 0.395. The minimum Gasteiger partial charge on any atom is -0.396 e. The van der Waals surface area contributed by atoms with Gasteiger partial charge in [0.2, 0.25) is 0 Å². The Kier molecular flexibility index (Phi) is 7.80. The number of benzene rings is 2. The maximum absolute atomic E-state index is 10.0. The number of aliphatic hydroxyl groups excluding tert-OH is 2. The highest BCUT2D eigenvalue weighted by Gasteiger charge is 2.58. The Labute approximate surface area is 257 Å². The van der Waals surface area contributed by atoms with Crippen molar-refractivity contribution in [3.8, 4) is 11.1 Å². The zero-order chi connectivity index (χ0) is 29.8. The predicted molar refractivity (Wildman–Crippen MR) is 165 cm³/mol. The third kappa shape index (κ3) is 4.66. The van der Waals surface area contributed by atoms with Crippen molar-refractivity contribution in [3.05, 3.63) is 59.7 Å². The largest absolute Gasteiger partial charge is 0.396 e. The fourth-order valence-electron chi connectivity index (χ4n) is 9.24. The van der Waals surface area contributed by atoms with Gasteiger partial charge in [-0.3, -0.25) is 0 Å². The normalized spacial score (nSPS) is 38.6. The molecule has 3 aliphatic carbocycles. The van der Waals surface area contributed by atoms with Crippen LogP contribution in [0.2, 0.25) is 0 Å². The molecule has 2 aliphatic heterocycles. The number of aliphatic hydroxyl groups is 2. The lowest BCUT2D eigenvalue weighted by Crippen LogP contribution is -2.56. The summed E-state index contributed by atoms with van der Waals surface area (Å²) in [5.41, 5.74) is 5.13. The summed E-state index contributed by atoms with van der Waals surface area (Å²) in [7, 11) is 0. The average Bonchev–Trinajstić information content (AvgIpc) is 3.38. The first-order valence-electron chi connectivity index (χ1n) is 16.9. The van der Waals surface area contributed by atoms with Crippen LogP contribution in [0.3, 0.4) is 0 Å². The Bertz CT molecular complexity index is 1160. The van der Waals surface area contributed by atoms with Crippen molar-refractivity contribution >= 4 is 0 Å². The lowest BCUT2D eigenvalue weighted by molar-refractivity contribution is -0.325. The van der Waals surface area contributed by atoms with Gasteiger partial charge in [-0.1, -0.05) is 62.4 Å². The molecule has 0 unspecified atom stereocenters. The Morgan fingerprint density at radius 3 is 1.26 bits per heavy atom. The summed E-state index contributed by atoms with van der Waals surface area (Å²) in [5.74, 6) is -0.107. The second kappa shape index (κ2) is 11.2. The molecule has 0 bridgehead atoms. The van der Waals surface area contributed by atoms with Crippen LogP contribution in [0, 0.1) is 22.7 Å². The van der Waals surface area contributed by atoms with E-state index in [9.17, 15) is 10.2 Å². The van der Waals surface area contributed by atoms with Crippen molar-refractivity contribution in [3.63, 3.8) is 0 Å². The van der Waals surface area contributed by atoms with E-state index in [0.717, 1.165) is 64.2 Å². The van der Waals surface area contributed by atoms with Gasteiger partial charge in [0, 0.05) is 41.9 Å². The molecule has 0 atom stereocenters. The first kappa shape index (κ1) is 29.9. The Morgan fingerprint density at radius 1 is 0.581 bits per heavy atom. The smallest absolute Gasteiger partial charge is 0.168 e. The molecule has 2 N–H and O–H groups in total. The molecule has 2 saturated carbocycles. The molecule has 2 spiro atoms. The molecule has 6 heteroatoms. The van der Waals surface area contributed by atoms with Gasteiger partial charge >= 0.3 is 0 Å². The van der Waals surface area contributed by atoms with E-state index in [2.05, 4.69) is 62.4 Å². The van der Waals surface area contributed by atoms with Crippen LogP contribution in [-0.2, 0) is 24.4 Å². The highest BCUT2D eigenvalue weighted by molar-refractivity contribution is 5.81. The van der Waals surface area contributed by atoms with Gasteiger partial charge in [-0.05, 0) is 72.6 Å². The second-order valence-electron chi connectivity index (χ2n) is 14.5. The van der Waals surface area contributed by atoms with Crippen LogP contribution in [0.1, 0.15) is 89.2 Å². The topological polar surface area (TPSA) is 77.4 Å². The third-order valence-electron chi connectivity index (χ3n) is 12.6. The molecule has 2 saturated heterocycles. The van der Waals surface area contributed by atoms with Gasteiger partial charge in [0.1, 0.15) is 0 Å². The van der Waals surface area contributed by atoms with E-state index in [1.807, 2.05) is 0 Å². The van der Waals surface area contributed by atoms with Gasteiger partial charge in [-0.15, -0.1) is 0 Å². The number of hydrogen-bond donors (Lipinski definition) is 2. The third-order valence-corrected chi connectivity index (χ3v) is 12.6. The van der Waals surface area contributed by atoms with E-state index in [1.54, 1.807) is 0 Å². The fraction of sp³-hybridized carbons (Fsp3) is 0.676. The molecular weight excluding hydrogens is 540 g/mol. The van der Waals surface area contributed by atoms with Crippen molar-refractivity contribution in [1.29, 1.82) is 0 Å². The van der Waals surface area contributed by atoms with Crippen LogP contribution < -0.4 is 0 Å². The maximum atomic E-state index is 10.0. The van der Waals surface area contributed by atoms with Crippen LogP contribution in [-0.4, -0.2) is 61.4 Å². The van der Waals surface area contributed by atoms with Crippen LogP contribution in [0.15, 0.2) is 48.5 Å². The number of rotatable bonds is 6. The summed E-state index contributed by atoms with van der Waals surface area (Å²) < 4.78 is 26.0. The lowest BCUT2D eigenvalue weighted by Gasteiger charge is -2.55. The average molecular weight is 591 g/mol. The van der Waals surface area contributed by atoms with E-state index >= 15 is 0 Å². The number of hydrogen-bond acceptors (Lipinski definition) is 6. The molecule has 0 aromatic heterocycles. The molecule has 2 heterocycles. The van der Waals surface area contributed by atoms with Gasteiger partial charge in [0.25, 0.3) is 0 Å². The first-order valence-corrected chi connectivity index (χ1v) is 16.9. The number of ether oxygens (including phenoxy) is 4. The Morgan fingerprint density at radius 2 is 0.930 bits per heavy atom. The fourth-order valence-corrected chi connectivity index (χ4v) is 9.24. The second-order valence-corrected chi connectivity index (χ2v) is 14.5. The molecule has 5 aliphatic rings. The van der Waals surface area contributed by atoms with Crippen LogP contribution in [0.25, 0.3) is 11.1 Å². The van der Waals surface area contributed by atoms with Crippen molar-refractivity contribution in [2.45, 2.75) is 95.0 Å². The molecule has 6 nitrogen and oxygen atoms in total. The monoisotopic (exact) mass is 590 g/mol. The molecule has 0 amide bonds. The van der Waals surface area contributed by atoms with Gasteiger partial charge in [-0.25, -0.2) is 0 Å². The maximum Gasteiger partial charge on any atom is 0.168 e. The molecule has 7 rings (SSSR count). The van der Waals surface area contributed by atoms with Gasteiger partial charge in [-0.2, -0.15) is 0 Å². The van der Waals surface area contributed by atoms with Crippen molar-refractivity contribution < 1.29 is 29.2 Å². The molecule has 234 valence electrons. The molecular formula is C37H50O6. The van der Waals surface area contributed by atoms with Gasteiger partial charge in [0.05, 0.1) is 39.6 Å². The molecule has 0 radical (unpaired) electrons. The van der Waals surface area contributed by atoms with Crippen molar-refractivity contribution in [1.82, 2.24) is 0 Å². The SMILES string of the molecule is CCC1(CO)COC2(CCC(C3(C4CCC5(CC4)OCC(CC)(CO)CO5)c4ccccc4-c4ccccc43)CC2)OC1. The van der Waals surface area contributed by atoms with E-state index in [0.29, 0.717) is 38.3 Å². The van der Waals surface area contributed by atoms with Crippen LogP contribution >= 0.6 is 0 Å². The van der Waals surface area contributed by atoms with Crippen molar-refractivity contribution in [2.24, 2.45) is 22.7 Å². The molecule has 43 heavy (non-hydrogen) atoms. The Hall–Kier alpha value is -1.80. The predicted octanol–water partition coefficient (Wildman–Crippen LogP) is 6.60. The van der Waals surface area contributed by atoms with Gasteiger partial charge in [0.15, 0.2) is 11.6 Å². The summed E-state index contributed by atoms with van der Waals surface area (Å²) >= 11 is 0. The van der Waals surface area contributed by atoms with E-state index in [4.69, 9.17) is 18.9 Å². The first-order chi connectivity index (χ1) is 20.9. The summed E-state index contributed by atoms with van der Waals surface area (Å²) in [6.07, 6.45) is 9.45. The summed E-state index contributed by atoms with van der Waals surface area (Å²) in [4.78, 5) is 0. The highest BCUT2D eigenvalue weighted by atomic mass is 16.7. The minimum absolute atomic E-state index is 0.0731. The van der Waals surface area contributed by atoms with Gasteiger partial charge < -0.3 is 29.2 Å². The van der Waals surface area contributed by atoms with Crippen LogP contribution in [0.5, 0.6) is 0 Å². The van der Waals surface area contributed by atoms with E-state index in [-0.39, 0.29) is 29.5 Å². The Balaban J connectivity index is 1.18. The van der Waals surface area contributed by atoms with E-state index < -0.39 is 11.6 Å². The van der Waals surface area contributed by atoms with E-state index in [1.165, 1.54) is 22.3 Å². The standard InChI is InChI=1S/C37H50O6/c1-3-33(21-38)23-40-35(41-24-33)17-13-27(14-18-35)37(31-11-7-5-9-29(31)30-10-6-8-12-32(30)37)28-15-19-36(20-16-28)42-25-34(4-2,22-39)26-43-36/h5-12,27-28,38-39H,3-4,13-26H2,1-2H3. The zero-order valence-corrected chi connectivity index (χ0v) is 26.1. The van der Waals surface area contributed by atoms with Crippen LogP contribution in [0.4, 0.5) is 0 Å². The lowest BCUT2D eigenvalue weighted by atomic mass is 9.54. The molecule has 2 aromatic carbocycles. The highest BCUT2D eigenvalue weighted by Crippen LogP contribution is 2.63.